The highest BCUT2D eigenvalue weighted by Gasteiger charge is 2.07. The predicted molar refractivity (Wildman–Crippen MR) is 53.3 cm³/mol. The molecule has 0 saturated heterocycles. The molecule has 0 fully saturated rings. The molecule has 0 atom stereocenters. The summed E-state index contributed by atoms with van der Waals surface area (Å²) in [5.41, 5.74) is 5.60. The first-order chi connectivity index (χ1) is 6.65. The van der Waals surface area contributed by atoms with Crippen molar-refractivity contribution >= 4 is 5.69 Å². The maximum absolute atomic E-state index is 13.2. The average molecular weight is 200 g/mol. The van der Waals surface area contributed by atoms with Crippen LogP contribution in [-0.2, 0) is 0 Å². The van der Waals surface area contributed by atoms with Gasteiger partial charge in [-0.25, -0.2) is 8.78 Å². The second-order valence-electron chi connectivity index (χ2n) is 3.16. The molecule has 0 amide bonds. The first-order valence-electron chi connectivity index (χ1n) is 4.51. The third kappa shape index (κ3) is 2.67. The summed E-state index contributed by atoms with van der Waals surface area (Å²) in [6.45, 7) is 1.16. The normalized spacial score (nSPS) is 10.3. The van der Waals surface area contributed by atoms with Gasteiger partial charge in [-0.1, -0.05) is 0 Å². The molecule has 1 rings (SSSR count). The number of halogens is 2. The summed E-state index contributed by atoms with van der Waals surface area (Å²) < 4.78 is 26.0. The van der Waals surface area contributed by atoms with Crippen LogP contribution in [0.1, 0.15) is 6.42 Å². The van der Waals surface area contributed by atoms with E-state index in [1.807, 2.05) is 0 Å². The molecule has 2 nitrogen and oxygen atoms in total. The molecule has 0 aliphatic heterocycles. The maximum Gasteiger partial charge on any atom is 0.146 e. The van der Waals surface area contributed by atoms with Crippen molar-refractivity contribution in [3.63, 3.8) is 0 Å². The highest BCUT2D eigenvalue weighted by molar-refractivity contribution is 5.47. The number of nitrogens with two attached hydrogens (primary N) is 1. The first-order valence-corrected chi connectivity index (χ1v) is 4.51. The third-order valence-electron chi connectivity index (χ3n) is 2.02. The Morgan fingerprint density at radius 2 is 2.07 bits per heavy atom. The molecule has 2 N–H and O–H groups in total. The van der Waals surface area contributed by atoms with Crippen molar-refractivity contribution in [1.29, 1.82) is 0 Å². The Morgan fingerprint density at radius 3 is 2.71 bits per heavy atom. The van der Waals surface area contributed by atoms with Crippen molar-refractivity contribution in [3.05, 3.63) is 29.8 Å². The fraction of sp³-hybridized carbons (Fsp3) is 0.400. The van der Waals surface area contributed by atoms with Gasteiger partial charge in [0.25, 0.3) is 0 Å². The van der Waals surface area contributed by atoms with E-state index in [0.29, 0.717) is 13.1 Å². The van der Waals surface area contributed by atoms with Gasteiger partial charge < -0.3 is 10.6 Å². The number of anilines is 1. The zero-order valence-corrected chi connectivity index (χ0v) is 8.13. The molecule has 0 spiro atoms. The lowest BCUT2D eigenvalue weighted by Gasteiger charge is -2.19. The van der Waals surface area contributed by atoms with E-state index in [-0.39, 0.29) is 5.69 Å². The van der Waals surface area contributed by atoms with Crippen molar-refractivity contribution in [2.75, 3.05) is 25.0 Å². The van der Waals surface area contributed by atoms with Crippen molar-refractivity contribution in [2.24, 2.45) is 5.73 Å². The second-order valence-corrected chi connectivity index (χ2v) is 3.16. The molecule has 0 aliphatic carbocycles. The molecule has 0 heterocycles. The summed E-state index contributed by atoms with van der Waals surface area (Å²) in [6, 6.07) is 3.42. The lowest BCUT2D eigenvalue weighted by molar-refractivity contribution is 0.595. The lowest BCUT2D eigenvalue weighted by Crippen LogP contribution is -2.22. The van der Waals surface area contributed by atoms with Crippen LogP contribution in [0.2, 0.25) is 0 Å². The summed E-state index contributed by atoms with van der Waals surface area (Å²) >= 11 is 0. The molecule has 78 valence electrons. The molecule has 1 aromatic rings. The average Bonchev–Trinajstić information content (AvgIpc) is 2.18. The van der Waals surface area contributed by atoms with Crippen LogP contribution in [0.5, 0.6) is 0 Å². The molecular weight excluding hydrogens is 186 g/mol. The van der Waals surface area contributed by atoms with Crippen LogP contribution in [0.3, 0.4) is 0 Å². The third-order valence-corrected chi connectivity index (χ3v) is 2.02. The lowest BCUT2D eigenvalue weighted by atomic mass is 10.2. The van der Waals surface area contributed by atoms with Gasteiger partial charge in [0, 0.05) is 19.7 Å². The summed E-state index contributed by atoms with van der Waals surface area (Å²) in [4.78, 5) is 1.66. The molecule has 0 radical (unpaired) electrons. The molecule has 0 aromatic heterocycles. The smallest absolute Gasteiger partial charge is 0.146 e. The van der Waals surface area contributed by atoms with Gasteiger partial charge in [0.1, 0.15) is 11.6 Å². The Balaban J connectivity index is 2.77. The van der Waals surface area contributed by atoms with Crippen LogP contribution in [-0.4, -0.2) is 20.1 Å². The topological polar surface area (TPSA) is 29.3 Å². The Labute approximate surface area is 82.3 Å². The molecule has 0 aliphatic rings. The number of hydrogen-bond donors (Lipinski definition) is 1. The summed E-state index contributed by atoms with van der Waals surface area (Å²) in [6.07, 6.45) is 0.756. The fourth-order valence-electron chi connectivity index (χ4n) is 1.23. The van der Waals surface area contributed by atoms with Gasteiger partial charge in [-0.2, -0.15) is 0 Å². The van der Waals surface area contributed by atoms with E-state index in [2.05, 4.69) is 0 Å². The molecule has 4 heteroatoms. The van der Waals surface area contributed by atoms with E-state index in [4.69, 9.17) is 5.73 Å². The van der Waals surface area contributed by atoms with E-state index in [9.17, 15) is 8.78 Å². The molecule has 1 aromatic carbocycles. The molecule has 0 unspecified atom stereocenters. The zero-order valence-electron chi connectivity index (χ0n) is 8.13. The zero-order chi connectivity index (χ0) is 10.6. The SMILES string of the molecule is CN(CCCN)c1cc(F)ccc1F. The standard InChI is InChI=1S/C10H14F2N2/c1-14(6-2-5-13)10-7-8(11)3-4-9(10)12/h3-4,7H,2,5-6,13H2,1H3. The Bertz CT molecular complexity index is 302. The largest absolute Gasteiger partial charge is 0.372 e. The van der Waals surface area contributed by atoms with E-state index in [1.54, 1.807) is 11.9 Å². The number of nitrogens with zero attached hydrogens (tertiary/aromatic N) is 1. The van der Waals surface area contributed by atoms with Crippen LogP contribution < -0.4 is 10.6 Å². The van der Waals surface area contributed by atoms with Crippen molar-refractivity contribution in [1.82, 2.24) is 0 Å². The number of benzene rings is 1. The number of rotatable bonds is 4. The minimum absolute atomic E-state index is 0.276. The van der Waals surface area contributed by atoms with E-state index >= 15 is 0 Å². The summed E-state index contributed by atoms with van der Waals surface area (Å²) in [7, 11) is 1.72. The summed E-state index contributed by atoms with van der Waals surface area (Å²) in [5, 5.41) is 0. The van der Waals surface area contributed by atoms with Gasteiger partial charge >= 0.3 is 0 Å². The predicted octanol–water partition coefficient (Wildman–Crippen LogP) is 1.75. The van der Waals surface area contributed by atoms with Crippen LogP contribution in [0, 0.1) is 11.6 Å². The van der Waals surface area contributed by atoms with Gasteiger partial charge in [-0.05, 0) is 25.1 Å². The molecule has 14 heavy (non-hydrogen) atoms. The Hall–Kier alpha value is -1.16. The van der Waals surface area contributed by atoms with Crippen molar-refractivity contribution in [2.45, 2.75) is 6.42 Å². The highest BCUT2D eigenvalue weighted by atomic mass is 19.1. The van der Waals surface area contributed by atoms with Crippen LogP contribution in [0.15, 0.2) is 18.2 Å². The quantitative estimate of drug-likeness (QED) is 0.802. The van der Waals surface area contributed by atoms with Gasteiger partial charge in [-0.3, -0.25) is 0 Å². The van der Waals surface area contributed by atoms with Crippen LogP contribution in [0.25, 0.3) is 0 Å². The Kier molecular flexibility index (Phi) is 3.83. The van der Waals surface area contributed by atoms with Gasteiger partial charge in [0.2, 0.25) is 0 Å². The van der Waals surface area contributed by atoms with Crippen molar-refractivity contribution in [3.8, 4) is 0 Å². The molecule has 0 bridgehead atoms. The van der Waals surface area contributed by atoms with E-state index < -0.39 is 11.6 Å². The van der Waals surface area contributed by atoms with E-state index in [0.717, 1.165) is 18.6 Å². The number of hydrogen-bond acceptors (Lipinski definition) is 2. The van der Waals surface area contributed by atoms with E-state index in [1.165, 1.54) is 6.07 Å². The first kappa shape index (κ1) is 10.9. The minimum atomic E-state index is -0.430. The minimum Gasteiger partial charge on any atom is -0.372 e. The molecule has 0 saturated carbocycles. The van der Waals surface area contributed by atoms with Crippen LogP contribution >= 0.6 is 0 Å². The maximum atomic E-state index is 13.2. The monoisotopic (exact) mass is 200 g/mol. The van der Waals surface area contributed by atoms with Gasteiger partial charge in [0.15, 0.2) is 0 Å². The second kappa shape index (κ2) is 4.91. The van der Waals surface area contributed by atoms with Gasteiger partial charge in [-0.15, -0.1) is 0 Å². The molecular formula is C10H14F2N2. The van der Waals surface area contributed by atoms with Crippen molar-refractivity contribution < 1.29 is 8.78 Å². The Morgan fingerprint density at radius 1 is 1.36 bits per heavy atom. The highest BCUT2D eigenvalue weighted by Crippen LogP contribution is 2.18. The summed E-state index contributed by atoms with van der Waals surface area (Å²) in [5.74, 6) is -0.841. The van der Waals surface area contributed by atoms with Crippen LogP contribution in [0.4, 0.5) is 14.5 Å². The fourth-order valence-corrected chi connectivity index (χ4v) is 1.23. The van der Waals surface area contributed by atoms with Gasteiger partial charge in [0.05, 0.1) is 5.69 Å².